The van der Waals surface area contributed by atoms with Crippen LogP contribution in [0.5, 0.6) is 0 Å². The molecule has 1 aliphatic heterocycles. The first-order chi connectivity index (χ1) is 8.52. The summed E-state index contributed by atoms with van der Waals surface area (Å²) < 4.78 is 0. The lowest BCUT2D eigenvalue weighted by Crippen LogP contribution is -2.55. The third-order valence-corrected chi connectivity index (χ3v) is 4.14. The molecule has 2 atom stereocenters. The summed E-state index contributed by atoms with van der Waals surface area (Å²) in [5, 5.41) is 0. The minimum Gasteiger partial charge on any atom is -0.338 e. The average molecular weight is 269 g/mol. The molecule has 5 heteroatoms. The van der Waals surface area contributed by atoms with Gasteiger partial charge in [0.05, 0.1) is 5.88 Å². The van der Waals surface area contributed by atoms with Gasteiger partial charge in [0.1, 0.15) is 0 Å². The van der Waals surface area contributed by atoms with Gasteiger partial charge in [-0.05, 0) is 27.8 Å². The van der Waals surface area contributed by atoms with E-state index in [1.165, 1.54) is 0 Å². The Morgan fingerprint density at radius 2 is 1.94 bits per heavy atom. The number of likely N-dealkylation sites (N-methyl/N-ethyl adjacent to an activating group) is 1. The fourth-order valence-electron chi connectivity index (χ4n) is 2.33. The summed E-state index contributed by atoms with van der Waals surface area (Å²) in [5.41, 5.74) is 1.99. The highest BCUT2D eigenvalue weighted by Gasteiger charge is 2.27. The van der Waals surface area contributed by atoms with Crippen LogP contribution in [-0.4, -0.2) is 47.1 Å². The van der Waals surface area contributed by atoms with Gasteiger partial charge in [-0.2, -0.15) is 0 Å². The monoisotopic (exact) mass is 268 g/mol. The maximum Gasteiger partial charge on any atom is 0.225 e. The Morgan fingerprint density at radius 1 is 1.33 bits per heavy atom. The highest BCUT2D eigenvalue weighted by molar-refractivity contribution is 6.17. The standard InChI is InChI=1S/C13H21ClN4/c1-9-7-18(8-10(2)17(9)4)13-15-6-12(5-14)11(3)16-13/h6,9-10H,5,7-8H2,1-4H3. The molecular formula is C13H21ClN4. The molecule has 2 heterocycles. The van der Waals surface area contributed by atoms with Crippen molar-refractivity contribution in [3.8, 4) is 0 Å². The third kappa shape index (κ3) is 2.59. The fraction of sp³-hybridized carbons (Fsp3) is 0.692. The molecule has 0 aliphatic carbocycles. The van der Waals surface area contributed by atoms with E-state index in [0.717, 1.165) is 30.3 Å². The van der Waals surface area contributed by atoms with Gasteiger partial charge >= 0.3 is 0 Å². The Labute approximate surface area is 114 Å². The molecule has 0 radical (unpaired) electrons. The minimum absolute atomic E-state index is 0.474. The summed E-state index contributed by atoms with van der Waals surface area (Å²) >= 11 is 5.84. The van der Waals surface area contributed by atoms with E-state index in [2.05, 4.69) is 40.7 Å². The summed E-state index contributed by atoms with van der Waals surface area (Å²) in [6, 6.07) is 1.04. The zero-order valence-corrected chi connectivity index (χ0v) is 12.3. The first kappa shape index (κ1) is 13.6. The van der Waals surface area contributed by atoms with Crippen LogP contribution < -0.4 is 4.90 Å². The second-order valence-electron chi connectivity index (χ2n) is 5.18. The molecule has 1 saturated heterocycles. The van der Waals surface area contributed by atoms with Crippen molar-refractivity contribution in [2.75, 3.05) is 25.0 Å². The van der Waals surface area contributed by atoms with Crippen LogP contribution in [0.1, 0.15) is 25.1 Å². The highest BCUT2D eigenvalue weighted by atomic mass is 35.5. The van der Waals surface area contributed by atoms with Crippen LogP contribution in [-0.2, 0) is 5.88 Å². The normalized spacial score (nSPS) is 25.5. The second-order valence-corrected chi connectivity index (χ2v) is 5.45. The topological polar surface area (TPSA) is 32.3 Å². The molecule has 1 fully saturated rings. The van der Waals surface area contributed by atoms with Gasteiger partial charge in [0.2, 0.25) is 5.95 Å². The predicted octanol–water partition coefficient (Wildman–Crippen LogP) is 2.05. The van der Waals surface area contributed by atoms with Gasteiger partial charge < -0.3 is 4.90 Å². The van der Waals surface area contributed by atoms with E-state index in [9.17, 15) is 0 Å². The molecule has 2 rings (SSSR count). The quantitative estimate of drug-likeness (QED) is 0.769. The fourth-order valence-corrected chi connectivity index (χ4v) is 2.59. The summed E-state index contributed by atoms with van der Waals surface area (Å²) in [6.07, 6.45) is 1.85. The van der Waals surface area contributed by atoms with Crippen molar-refractivity contribution < 1.29 is 0 Å². The molecule has 0 saturated carbocycles. The molecule has 1 aliphatic rings. The van der Waals surface area contributed by atoms with Crippen LogP contribution in [0.25, 0.3) is 0 Å². The summed E-state index contributed by atoms with van der Waals surface area (Å²) in [6.45, 7) is 8.41. The van der Waals surface area contributed by atoms with Gasteiger partial charge in [-0.15, -0.1) is 11.6 Å². The molecule has 18 heavy (non-hydrogen) atoms. The Hall–Kier alpha value is -0.870. The molecule has 0 spiro atoms. The van der Waals surface area contributed by atoms with Crippen LogP contribution in [0.2, 0.25) is 0 Å². The van der Waals surface area contributed by atoms with Crippen molar-refractivity contribution in [1.29, 1.82) is 0 Å². The van der Waals surface area contributed by atoms with Gasteiger partial charge in [-0.3, -0.25) is 4.90 Å². The number of anilines is 1. The third-order valence-electron chi connectivity index (χ3n) is 3.85. The van der Waals surface area contributed by atoms with Crippen molar-refractivity contribution in [1.82, 2.24) is 14.9 Å². The van der Waals surface area contributed by atoms with Gasteiger partial charge in [-0.25, -0.2) is 9.97 Å². The lowest BCUT2D eigenvalue weighted by molar-refractivity contribution is 0.169. The van der Waals surface area contributed by atoms with Crippen LogP contribution in [0.4, 0.5) is 5.95 Å². The number of hydrogen-bond acceptors (Lipinski definition) is 4. The number of aromatic nitrogens is 2. The summed E-state index contributed by atoms with van der Waals surface area (Å²) in [7, 11) is 2.18. The smallest absolute Gasteiger partial charge is 0.225 e. The second kappa shape index (κ2) is 5.41. The highest BCUT2D eigenvalue weighted by Crippen LogP contribution is 2.19. The van der Waals surface area contributed by atoms with E-state index in [1.807, 2.05) is 13.1 Å². The molecule has 1 aromatic heterocycles. The molecule has 2 unspecified atom stereocenters. The molecule has 100 valence electrons. The van der Waals surface area contributed by atoms with Crippen LogP contribution >= 0.6 is 11.6 Å². The van der Waals surface area contributed by atoms with Crippen molar-refractivity contribution >= 4 is 17.5 Å². The molecular weight excluding hydrogens is 248 g/mol. The molecule has 4 nitrogen and oxygen atoms in total. The van der Waals surface area contributed by atoms with Crippen LogP contribution in [0.3, 0.4) is 0 Å². The molecule has 0 amide bonds. The Kier molecular flexibility index (Phi) is 4.07. The minimum atomic E-state index is 0.474. The number of hydrogen-bond donors (Lipinski definition) is 0. The Bertz CT molecular complexity index is 411. The molecule has 0 N–H and O–H groups in total. The summed E-state index contributed by atoms with van der Waals surface area (Å²) in [4.78, 5) is 13.7. The SMILES string of the molecule is Cc1nc(N2CC(C)N(C)C(C)C2)ncc1CCl. The van der Waals surface area contributed by atoms with E-state index in [4.69, 9.17) is 11.6 Å². The summed E-state index contributed by atoms with van der Waals surface area (Å²) in [5.74, 6) is 1.30. The van der Waals surface area contributed by atoms with E-state index >= 15 is 0 Å². The number of halogens is 1. The maximum absolute atomic E-state index is 5.84. The number of nitrogens with zero attached hydrogens (tertiary/aromatic N) is 4. The van der Waals surface area contributed by atoms with Crippen LogP contribution in [0, 0.1) is 6.92 Å². The average Bonchev–Trinajstić information content (AvgIpc) is 2.35. The number of alkyl halides is 1. The lowest BCUT2D eigenvalue weighted by Gasteiger charge is -2.42. The Balaban J connectivity index is 2.19. The van der Waals surface area contributed by atoms with E-state index in [0.29, 0.717) is 18.0 Å². The van der Waals surface area contributed by atoms with Crippen LogP contribution in [0.15, 0.2) is 6.20 Å². The van der Waals surface area contributed by atoms with Gasteiger partial charge in [-0.1, -0.05) is 0 Å². The zero-order chi connectivity index (χ0) is 13.3. The Morgan fingerprint density at radius 3 is 2.44 bits per heavy atom. The number of piperazine rings is 1. The van der Waals surface area contributed by atoms with Crippen molar-refractivity contribution in [2.24, 2.45) is 0 Å². The van der Waals surface area contributed by atoms with Crippen molar-refractivity contribution in [2.45, 2.75) is 38.7 Å². The number of rotatable bonds is 2. The van der Waals surface area contributed by atoms with Gasteiger partial charge in [0, 0.05) is 42.6 Å². The van der Waals surface area contributed by atoms with E-state index in [1.54, 1.807) is 0 Å². The first-order valence-electron chi connectivity index (χ1n) is 6.38. The molecule has 1 aromatic rings. The van der Waals surface area contributed by atoms with E-state index in [-0.39, 0.29) is 0 Å². The largest absolute Gasteiger partial charge is 0.338 e. The molecule has 0 aromatic carbocycles. The van der Waals surface area contributed by atoms with Gasteiger partial charge in [0.15, 0.2) is 0 Å². The number of aryl methyl sites for hydroxylation is 1. The van der Waals surface area contributed by atoms with Gasteiger partial charge in [0.25, 0.3) is 0 Å². The zero-order valence-electron chi connectivity index (χ0n) is 11.5. The van der Waals surface area contributed by atoms with Crippen molar-refractivity contribution in [3.05, 3.63) is 17.5 Å². The maximum atomic E-state index is 5.84. The molecule has 0 bridgehead atoms. The van der Waals surface area contributed by atoms with E-state index < -0.39 is 0 Å². The lowest BCUT2D eigenvalue weighted by atomic mass is 10.1. The first-order valence-corrected chi connectivity index (χ1v) is 6.91. The predicted molar refractivity (Wildman–Crippen MR) is 75.2 cm³/mol. The van der Waals surface area contributed by atoms with Crippen molar-refractivity contribution in [3.63, 3.8) is 0 Å².